The number of hydrogen-bond acceptors (Lipinski definition) is 6. The van der Waals surface area contributed by atoms with Crippen molar-refractivity contribution in [3.8, 4) is 45.6 Å². The Hall–Kier alpha value is -3.50. The summed E-state index contributed by atoms with van der Waals surface area (Å²) in [6, 6.07) is 28.0. The third-order valence-electron chi connectivity index (χ3n) is 7.87. The van der Waals surface area contributed by atoms with Gasteiger partial charge in [-0.25, -0.2) is 0 Å². The minimum absolute atomic E-state index is 0.168. The first-order chi connectivity index (χ1) is 22.1. The molecule has 0 radical (unpaired) electrons. The third-order valence-corrected chi connectivity index (χ3v) is 12.4. The van der Waals surface area contributed by atoms with Gasteiger partial charge >= 0.3 is 284 Å². The monoisotopic (exact) mass is 786 g/mol. The number of aromatic amines is 2. The average molecular weight is 790 g/mol. The van der Waals surface area contributed by atoms with Gasteiger partial charge < -0.3 is 0 Å². The van der Waals surface area contributed by atoms with Crippen LogP contribution in [-0.4, -0.2) is 39.9 Å². The van der Waals surface area contributed by atoms with Crippen molar-refractivity contribution >= 4 is 109 Å². The molecule has 8 bridgehead atoms. The van der Waals surface area contributed by atoms with Crippen LogP contribution in [0.4, 0.5) is 0 Å². The second-order valence-corrected chi connectivity index (χ2v) is 38.6. The summed E-state index contributed by atoms with van der Waals surface area (Å²) in [6.45, 7) is 0. The van der Waals surface area contributed by atoms with Gasteiger partial charge in [-0.1, -0.05) is 6.07 Å². The number of halogens is 6. The van der Waals surface area contributed by atoms with Gasteiger partial charge in [-0.2, -0.15) is 0 Å². The molecule has 5 heterocycles. The zero-order chi connectivity index (χ0) is 32.5. The predicted molar refractivity (Wildman–Crippen MR) is 191 cm³/mol. The summed E-state index contributed by atoms with van der Waals surface area (Å²) in [4.78, 5) is 36.3. The van der Waals surface area contributed by atoms with E-state index in [-0.39, 0.29) is 15.5 Å². The van der Waals surface area contributed by atoms with Crippen LogP contribution in [0.5, 0.6) is 0 Å². The Kier molecular flexibility index (Phi) is 5.51. The number of H-pyrrole nitrogens is 2. The van der Waals surface area contributed by atoms with E-state index in [1.165, 1.54) is 6.07 Å². The molecule has 15 heteroatoms. The van der Waals surface area contributed by atoms with E-state index < -0.39 is 4.21 Å². The van der Waals surface area contributed by atoms with Crippen LogP contribution in [0.2, 0.25) is 0 Å². The molecule has 7 aromatic rings. The Morgan fingerprint density at radius 1 is 0.383 bits per heavy atom. The van der Waals surface area contributed by atoms with Crippen LogP contribution in [0.25, 0.3) is 89.7 Å². The molecule has 0 fully saturated rings. The van der Waals surface area contributed by atoms with Gasteiger partial charge in [0.05, 0.1) is 0 Å². The second kappa shape index (κ2) is 8.74. The fourth-order valence-corrected chi connectivity index (χ4v) is 9.47. The van der Waals surface area contributed by atoms with E-state index >= 15 is 0 Å². The molecule has 0 unspecified atom stereocenters. The van der Waals surface area contributed by atoms with Crippen molar-refractivity contribution in [2.75, 3.05) is 0 Å². The molecule has 0 spiro atoms. The van der Waals surface area contributed by atoms with Gasteiger partial charge in [0.15, 0.2) is 0 Å². The summed E-state index contributed by atoms with van der Waals surface area (Å²) in [7, 11) is 40.0. The van der Waals surface area contributed by atoms with Crippen molar-refractivity contribution in [1.82, 2.24) is 39.9 Å². The Balaban J connectivity index is 1.54. The molecule has 2 aliphatic heterocycles. The zero-order valence-electron chi connectivity index (χ0n) is 23.4. The molecular formula is C32H17Cl6CuN8. The first-order valence-corrected chi connectivity index (χ1v) is 22.0. The van der Waals surface area contributed by atoms with E-state index in [1.807, 2.05) is 72.8 Å². The van der Waals surface area contributed by atoms with Crippen LogP contribution in [0.15, 0.2) is 91.0 Å². The quantitative estimate of drug-likeness (QED) is 0.160. The topological polar surface area (TPSA) is 109 Å². The molecule has 47 heavy (non-hydrogen) atoms. The summed E-state index contributed by atoms with van der Waals surface area (Å²) in [5.41, 5.74) is 4.80. The molecule has 0 aliphatic carbocycles. The van der Waals surface area contributed by atoms with Crippen molar-refractivity contribution in [2.24, 2.45) is 0 Å². The molecule has 4 aromatic carbocycles. The Bertz CT molecular complexity index is 2730. The van der Waals surface area contributed by atoms with Crippen LogP contribution >= 0.6 is 60.6 Å². The van der Waals surface area contributed by atoms with Crippen molar-refractivity contribution in [3.05, 3.63) is 91.0 Å². The van der Waals surface area contributed by atoms with Gasteiger partial charge in [-0.05, 0) is 0 Å². The van der Waals surface area contributed by atoms with E-state index in [0.29, 0.717) is 45.6 Å². The van der Waals surface area contributed by atoms with Crippen LogP contribution in [0.3, 0.4) is 0 Å². The molecular weight excluding hydrogens is 773 g/mol. The Labute approximate surface area is 287 Å². The number of rotatable bonds is 1. The van der Waals surface area contributed by atoms with Crippen molar-refractivity contribution in [3.63, 3.8) is 0 Å². The SMILES string of the molecule is [Cl][Cu]([Cl])([Cl])([Cl])([Cl])([Cl])[c]1cccc2c3nc4nc(nc5[nH]c(nc6nc(nc([nH]3)c12)-c1ccccc1-6)c1ccccc51)-c1ccccc1-4. The molecule has 9 rings (SSSR count). The van der Waals surface area contributed by atoms with E-state index in [2.05, 4.69) is 9.97 Å². The maximum atomic E-state index is 6.66. The first-order valence-electron chi connectivity index (χ1n) is 13.7. The zero-order valence-corrected chi connectivity index (χ0v) is 28.9. The second-order valence-electron chi connectivity index (χ2n) is 10.9. The van der Waals surface area contributed by atoms with Gasteiger partial charge in [0, 0.05) is 0 Å². The minimum atomic E-state index is -6.51. The maximum absolute atomic E-state index is 6.66. The molecule has 2 N–H and O–H groups in total. The Morgan fingerprint density at radius 3 is 1.19 bits per heavy atom. The predicted octanol–water partition coefficient (Wildman–Crippen LogP) is 10.2. The number of aromatic nitrogens is 8. The first kappa shape index (κ1) is 29.6. The summed E-state index contributed by atoms with van der Waals surface area (Å²) >= 11 is 0. The summed E-state index contributed by atoms with van der Waals surface area (Å²) < 4.78 is -6.67. The third kappa shape index (κ3) is 4.88. The van der Waals surface area contributed by atoms with Gasteiger partial charge in [-0.15, -0.1) is 0 Å². The number of hydrogen-bond donors (Lipinski definition) is 2. The molecule has 8 nitrogen and oxygen atoms in total. The number of nitrogens with zero attached hydrogens (tertiary/aromatic N) is 6. The number of nitrogens with one attached hydrogen (secondary N) is 2. The van der Waals surface area contributed by atoms with Gasteiger partial charge in [-0.3, -0.25) is 0 Å². The van der Waals surface area contributed by atoms with Crippen molar-refractivity contribution < 1.29 is 4.21 Å². The van der Waals surface area contributed by atoms with E-state index in [1.54, 1.807) is 12.1 Å². The number of benzene rings is 4. The molecule has 2 aliphatic rings. The fourth-order valence-electron chi connectivity index (χ4n) is 5.91. The molecule has 0 saturated heterocycles. The molecule has 3 aromatic heterocycles. The Morgan fingerprint density at radius 2 is 0.745 bits per heavy atom. The standard InChI is InChI=1S/C32H17N8.6ClH.Cu/c1-2-10-18-17(9-1)25-33-26(18)38-28-21-13-5-6-14-22(21)30(35-28)40-32-24-16-8-7-15-23(24)31(36-32)39-29-20-12-4-3-11-19(20)27(34-29)37-25;;;;;;;/h1-15H,(H2,33,34,35,36,37,38,39,40);6*1H;/q;;;;;;;+6/p-6. The van der Waals surface area contributed by atoms with Crippen LogP contribution in [0, 0.1) is 0 Å². The summed E-state index contributed by atoms with van der Waals surface area (Å²) in [5.74, 6) is 1.65. The summed E-state index contributed by atoms with van der Waals surface area (Å²) in [5, 5.41) is 2.47. The van der Waals surface area contributed by atoms with Gasteiger partial charge in [0.25, 0.3) is 0 Å². The van der Waals surface area contributed by atoms with Crippen LogP contribution in [0.1, 0.15) is 0 Å². The van der Waals surface area contributed by atoms with Crippen molar-refractivity contribution in [1.29, 1.82) is 0 Å². The van der Waals surface area contributed by atoms with Gasteiger partial charge in [0.1, 0.15) is 0 Å². The number of fused-ring (bicyclic) bond motifs is 20. The fraction of sp³-hybridized carbons (Fsp3) is 0. The van der Waals surface area contributed by atoms with Crippen LogP contribution in [-0.2, 0) is 4.21 Å². The van der Waals surface area contributed by atoms with E-state index in [9.17, 15) is 0 Å². The van der Waals surface area contributed by atoms with E-state index in [4.69, 9.17) is 90.5 Å². The van der Waals surface area contributed by atoms with Gasteiger partial charge in [0.2, 0.25) is 0 Å². The average Bonchev–Trinajstić information content (AvgIpc) is 3.75. The molecule has 238 valence electrons. The molecule has 0 amide bonds. The molecule has 0 saturated carbocycles. The van der Waals surface area contributed by atoms with Crippen LogP contribution < -0.4 is 4.46 Å². The summed E-state index contributed by atoms with van der Waals surface area (Å²) in [6.07, 6.45) is 0. The van der Waals surface area contributed by atoms with E-state index in [0.717, 1.165) is 33.0 Å². The molecule has 0 atom stereocenters. The van der Waals surface area contributed by atoms with Crippen molar-refractivity contribution in [2.45, 2.75) is 0 Å². The normalized spacial score (nSPS) is 15.0.